The van der Waals surface area contributed by atoms with Gasteiger partial charge in [-0.2, -0.15) is 0 Å². The summed E-state index contributed by atoms with van der Waals surface area (Å²) >= 11 is 0. The zero-order valence-electron chi connectivity index (χ0n) is 18.5. The summed E-state index contributed by atoms with van der Waals surface area (Å²) in [5.74, 6) is 0.0465. The molecule has 0 unspecified atom stereocenters. The Bertz CT molecular complexity index is 1170. The minimum Gasteiger partial charge on any atom is -0.496 e. The van der Waals surface area contributed by atoms with Crippen LogP contribution in [0, 0.1) is 6.92 Å². The Balaban J connectivity index is 1.82. The quantitative estimate of drug-likeness (QED) is 0.509. The second-order valence-corrected chi connectivity index (χ2v) is 7.68. The number of anilines is 1. The predicted octanol–water partition coefficient (Wildman–Crippen LogP) is 4.81. The number of methoxy groups -OCH3 is 1. The minimum atomic E-state index is -0.304. The number of rotatable bonds is 7. The third-order valence-electron chi connectivity index (χ3n) is 5.66. The maximum atomic E-state index is 13.7. The average molecular weight is 427 g/mol. The molecule has 162 valence electrons. The highest BCUT2D eigenvalue weighted by atomic mass is 16.5. The summed E-state index contributed by atoms with van der Waals surface area (Å²) in [6.07, 6.45) is 0. The first-order chi connectivity index (χ1) is 15.5. The average Bonchev–Trinajstić information content (AvgIpc) is 3.06. The summed E-state index contributed by atoms with van der Waals surface area (Å²) in [5, 5.41) is 0. The maximum Gasteiger partial charge on any atom is 0.278 e. The van der Waals surface area contributed by atoms with Crippen LogP contribution in [0.15, 0.2) is 84.6 Å². The van der Waals surface area contributed by atoms with Gasteiger partial charge in [-0.05, 0) is 37.6 Å². The molecule has 0 aromatic heterocycles. The molecule has 0 radical (unpaired) electrons. The molecule has 32 heavy (non-hydrogen) atoms. The molecule has 3 aromatic rings. The van der Waals surface area contributed by atoms with Crippen LogP contribution < -0.4 is 9.64 Å². The second-order valence-electron chi connectivity index (χ2n) is 7.68. The van der Waals surface area contributed by atoms with Gasteiger partial charge in [0.25, 0.3) is 11.8 Å². The van der Waals surface area contributed by atoms with Crippen LogP contribution in [0.25, 0.3) is 5.57 Å². The fourth-order valence-corrected chi connectivity index (χ4v) is 4.02. The van der Waals surface area contributed by atoms with E-state index >= 15 is 0 Å². The van der Waals surface area contributed by atoms with E-state index in [1.165, 1.54) is 4.90 Å². The number of hydrogen-bond donors (Lipinski definition) is 0. The van der Waals surface area contributed by atoms with E-state index in [0.717, 1.165) is 22.4 Å². The Morgan fingerprint density at radius 1 is 0.844 bits per heavy atom. The van der Waals surface area contributed by atoms with Crippen LogP contribution in [-0.4, -0.2) is 30.4 Å². The summed E-state index contributed by atoms with van der Waals surface area (Å²) in [5.41, 5.74) is 4.31. The fourth-order valence-electron chi connectivity index (χ4n) is 4.02. The third kappa shape index (κ3) is 3.89. The summed E-state index contributed by atoms with van der Waals surface area (Å²) in [6.45, 7) is 4.67. The van der Waals surface area contributed by atoms with Gasteiger partial charge in [-0.25, -0.2) is 0 Å². The van der Waals surface area contributed by atoms with E-state index in [-0.39, 0.29) is 18.4 Å². The number of imide groups is 1. The fraction of sp³-hybridized carbons (Fsp3) is 0.185. The molecule has 0 saturated carbocycles. The minimum absolute atomic E-state index is 0.146. The topological polar surface area (TPSA) is 49.9 Å². The summed E-state index contributed by atoms with van der Waals surface area (Å²) in [6, 6.07) is 24.9. The van der Waals surface area contributed by atoms with Gasteiger partial charge in [0, 0.05) is 17.8 Å². The lowest BCUT2D eigenvalue weighted by Gasteiger charge is -2.25. The normalized spacial score (nSPS) is 13.7. The molecule has 2 amide bonds. The Hall–Kier alpha value is -3.86. The van der Waals surface area contributed by atoms with Gasteiger partial charge >= 0.3 is 0 Å². The Labute approximate surface area is 188 Å². The molecule has 1 aliphatic heterocycles. The smallest absolute Gasteiger partial charge is 0.278 e. The van der Waals surface area contributed by atoms with Crippen molar-refractivity contribution < 1.29 is 14.3 Å². The molecule has 1 heterocycles. The van der Waals surface area contributed by atoms with Crippen molar-refractivity contribution in [2.45, 2.75) is 20.4 Å². The Morgan fingerprint density at radius 2 is 1.50 bits per heavy atom. The molecule has 5 nitrogen and oxygen atoms in total. The van der Waals surface area contributed by atoms with Gasteiger partial charge in [-0.15, -0.1) is 0 Å². The lowest BCUT2D eigenvalue weighted by atomic mass is 10.0. The maximum absolute atomic E-state index is 13.7. The molecule has 0 saturated heterocycles. The highest BCUT2D eigenvalue weighted by Crippen LogP contribution is 2.35. The summed E-state index contributed by atoms with van der Waals surface area (Å²) in [7, 11) is 1.59. The lowest BCUT2D eigenvalue weighted by Crippen LogP contribution is -2.35. The number of hydrogen-bond acceptors (Lipinski definition) is 4. The van der Waals surface area contributed by atoms with Gasteiger partial charge in [0.15, 0.2) is 0 Å². The molecule has 1 aliphatic rings. The Kier molecular flexibility index (Phi) is 6.08. The van der Waals surface area contributed by atoms with Gasteiger partial charge in [-0.3, -0.25) is 14.5 Å². The van der Waals surface area contributed by atoms with Crippen molar-refractivity contribution in [3.05, 3.63) is 101 Å². The number of nitrogens with zero attached hydrogens (tertiary/aromatic N) is 2. The molecule has 0 atom stereocenters. The van der Waals surface area contributed by atoms with Gasteiger partial charge in [0.05, 0.1) is 19.2 Å². The van der Waals surface area contributed by atoms with E-state index < -0.39 is 0 Å². The molecular formula is C27H26N2O3. The molecule has 0 fully saturated rings. The number of aryl methyl sites for hydroxylation is 1. The summed E-state index contributed by atoms with van der Waals surface area (Å²) in [4.78, 5) is 30.6. The van der Waals surface area contributed by atoms with Crippen molar-refractivity contribution in [1.82, 2.24) is 4.90 Å². The number of ether oxygens (including phenoxy) is 1. The van der Waals surface area contributed by atoms with Crippen LogP contribution in [0.2, 0.25) is 0 Å². The van der Waals surface area contributed by atoms with E-state index in [4.69, 9.17) is 4.74 Å². The second kappa shape index (κ2) is 9.10. The number of carbonyl (C=O) groups excluding carboxylic acids is 2. The largest absolute Gasteiger partial charge is 0.496 e. The standard InChI is InChI=1S/C27H26N2O3/c1-4-28(22-11-6-5-7-12-22)25-24(20-16-14-19(2)15-17-20)26(30)29(27(25)31)18-21-10-8-9-13-23(21)32-3/h5-17H,4,18H2,1-3H3. The highest BCUT2D eigenvalue weighted by molar-refractivity contribution is 6.36. The SMILES string of the molecule is CCN(C1=C(c2ccc(C)cc2)C(=O)N(Cc2ccccc2OC)C1=O)c1ccccc1. The van der Waals surface area contributed by atoms with Crippen LogP contribution >= 0.6 is 0 Å². The van der Waals surface area contributed by atoms with Gasteiger partial charge < -0.3 is 9.64 Å². The van der Waals surface area contributed by atoms with E-state index in [0.29, 0.717) is 23.6 Å². The molecular weight excluding hydrogens is 400 g/mol. The summed E-state index contributed by atoms with van der Waals surface area (Å²) < 4.78 is 5.44. The molecule has 0 N–H and O–H groups in total. The van der Waals surface area contributed by atoms with Crippen LogP contribution in [-0.2, 0) is 16.1 Å². The molecule has 4 rings (SSSR count). The molecule has 0 spiro atoms. The first-order valence-corrected chi connectivity index (χ1v) is 10.7. The molecule has 0 bridgehead atoms. The monoisotopic (exact) mass is 426 g/mol. The number of likely N-dealkylation sites (N-methyl/N-ethyl adjacent to an activating group) is 1. The van der Waals surface area contributed by atoms with Crippen molar-refractivity contribution in [2.75, 3.05) is 18.6 Å². The number of carbonyl (C=O) groups is 2. The first kappa shape index (κ1) is 21.4. The van der Waals surface area contributed by atoms with Crippen LogP contribution in [0.4, 0.5) is 5.69 Å². The zero-order chi connectivity index (χ0) is 22.7. The number of benzene rings is 3. The lowest BCUT2D eigenvalue weighted by molar-refractivity contribution is -0.137. The predicted molar refractivity (Wildman–Crippen MR) is 126 cm³/mol. The van der Waals surface area contributed by atoms with Crippen LogP contribution in [0.5, 0.6) is 5.75 Å². The van der Waals surface area contributed by atoms with Crippen molar-refractivity contribution in [2.24, 2.45) is 0 Å². The van der Waals surface area contributed by atoms with E-state index in [9.17, 15) is 9.59 Å². The van der Waals surface area contributed by atoms with Gasteiger partial charge in [0.2, 0.25) is 0 Å². The zero-order valence-corrected chi connectivity index (χ0v) is 18.5. The highest BCUT2D eigenvalue weighted by Gasteiger charge is 2.41. The first-order valence-electron chi connectivity index (χ1n) is 10.7. The van der Waals surface area contributed by atoms with Crippen molar-refractivity contribution in [1.29, 1.82) is 0 Å². The molecule has 3 aromatic carbocycles. The van der Waals surface area contributed by atoms with Crippen LogP contribution in [0.1, 0.15) is 23.6 Å². The molecule has 5 heteroatoms. The Morgan fingerprint density at radius 3 is 2.16 bits per heavy atom. The third-order valence-corrected chi connectivity index (χ3v) is 5.66. The van der Waals surface area contributed by atoms with Crippen molar-refractivity contribution >= 4 is 23.1 Å². The van der Waals surface area contributed by atoms with Crippen molar-refractivity contribution in [3.63, 3.8) is 0 Å². The number of para-hydroxylation sites is 2. The van der Waals surface area contributed by atoms with Gasteiger partial charge in [-0.1, -0.05) is 66.2 Å². The van der Waals surface area contributed by atoms with Gasteiger partial charge in [0.1, 0.15) is 11.4 Å². The van der Waals surface area contributed by atoms with E-state index in [1.807, 2.05) is 97.6 Å². The number of amides is 2. The molecule has 0 aliphatic carbocycles. The van der Waals surface area contributed by atoms with Crippen molar-refractivity contribution in [3.8, 4) is 5.75 Å². The van der Waals surface area contributed by atoms with E-state index in [2.05, 4.69) is 0 Å². The van der Waals surface area contributed by atoms with Crippen LogP contribution in [0.3, 0.4) is 0 Å². The van der Waals surface area contributed by atoms with E-state index in [1.54, 1.807) is 7.11 Å².